The van der Waals surface area contributed by atoms with Gasteiger partial charge in [-0.3, -0.25) is 0 Å². The molecule has 1 aromatic carbocycles. The van der Waals surface area contributed by atoms with Crippen molar-refractivity contribution in [1.82, 2.24) is 5.32 Å². The lowest BCUT2D eigenvalue weighted by Crippen LogP contribution is -2.22. The van der Waals surface area contributed by atoms with Gasteiger partial charge in [-0.15, -0.1) is 0 Å². The molecule has 1 N–H and O–H groups in total. The highest BCUT2D eigenvalue weighted by atomic mass is 19.1. The van der Waals surface area contributed by atoms with Crippen molar-refractivity contribution in [3.8, 4) is 5.75 Å². The first kappa shape index (κ1) is 11.1. The third-order valence-electron chi connectivity index (χ3n) is 2.48. The summed E-state index contributed by atoms with van der Waals surface area (Å²) in [7, 11) is 0. The van der Waals surface area contributed by atoms with Crippen molar-refractivity contribution >= 4 is 0 Å². The Balaban J connectivity index is 2.01. The fourth-order valence-electron chi connectivity index (χ4n) is 1.59. The Bertz CT molecular complexity index is 384. The molecule has 0 radical (unpaired) electrons. The van der Waals surface area contributed by atoms with Crippen molar-refractivity contribution in [3.05, 3.63) is 41.5 Å². The highest BCUT2D eigenvalue weighted by molar-refractivity contribution is 5.26. The lowest BCUT2D eigenvalue weighted by atomic mass is 10.1. The SMILES string of the molecule is Fc1cccc(F)c1OCC1=CCNCC1. The number of rotatable bonds is 3. The molecule has 1 aliphatic heterocycles. The number of hydrogen-bond acceptors (Lipinski definition) is 2. The molecule has 1 aromatic rings. The van der Waals surface area contributed by atoms with Crippen LogP contribution in [0.15, 0.2) is 29.8 Å². The van der Waals surface area contributed by atoms with Gasteiger partial charge in [0.2, 0.25) is 0 Å². The van der Waals surface area contributed by atoms with E-state index in [1.807, 2.05) is 6.08 Å². The van der Waals surface area contributed by atoms with Gasteiger partial charge in [-0.2, -0.15) is 0 Å². The van der Waals surface area contributed by atoms with Crippen LogP contribution in [0.5, 0.6) is 5.75 Å². The summed E-state index contributed by atoms with van der Waals surface area (Å²) in [6.45, 7) is 1.92. The van der Waals surface area contributed by atoms with E-state index in [4.69, 9.17) is 4.74 Å². The minimum atomic E-state index is -0.658. The maximum atomic E-state index is 13.2. The summed E-state index contributed by atoms with van der Waals surface area (Å²) in [6.07, 6.45) is 2.85. The summed E-state index contributed by atoms with van der Waals surface area (Å²) >= 11 is 0. The van der Waals surface area contributed by atoms with Crippen molar-refractivity contribution in [2.45, 2.75) is 6.42 Å². The zero-order valence-electron chi connectivity index (χ0n) is 8.80. The van der Waals surface area contributed by atoms with Gasteiger partial charge >= 0.3 is 0 Å². The van der Waals surface area contributed by atoms with E-state index in [0.29, 0.717) is 0 Å². The van der Waals surface area contributed by atoms with E-state index in [2.05, 4.69) is 5.32 Å². The van der Waals surface area contributed by atoms with Crippen LogP contribution in [0.2, 0.25) is 0 Å². The van der Waals surface area contributed by atoms with E-state index in [0.717, 1.165) is 25.1 Å². The van der Waals surface area contributed by atoms with Crippen LogP contribution in [-0.4, -0.2) is 19.7 Å². The molecule has 16 heavy (non-hydrogen) atoms. The molecule has 0 fully saturated rings. The van der Waals surface area contributed by atoms with E-state index < -0.39 is 11.6 Å². The molecule has 1 heterocycles. The number of ether oxygens (including phenoxy) is 1. The third-order valence-corrected chi connectivity index (χ3v) is 2.48. The molecule has 0 amide bonds. The Kier molecular flexibility index (Phi) is 3.51. The predicted octanol–water partition coefficient (Wildman–Crippen LogP) is 2.26. The molecular formula is C12H13F2NO. The first-order valence-electron chi connectivity index (χ1n) is 5.23. The van der Waals surface area contributed by atoms with E-state index in [9.17, 15) is 8.78 Å². The Morgan fingerprint density at radius 1 is 1.25 bits per heavy atom. The highest BCUT2D eigenvalue weighted by Crippen LogP contribution is 2.21. The Hall–Kier alpha value is -1.42. The standard InChI is InChI=1S/C12H13F2NO/c13-10-2-1-3-11(14)12(10)16-8-9-4-6-15-7-5-9/h1-4,15H,5-8H2. The maximum absolute atomic E-state index is 13.2. The molecular weight excluding hydrogens is 212 g/mol. The molecule has 0 atom stereocenters. The molecule has 86 valence electrons. The normalized spacial score (nSPS) is 15.8. The highest BCUT2D eigenvalue weighted by Gasteiger charge is 2.11. The molecule has 2 rings (SSSR count). The van der Waals surface area contributed by atoms with Crippen molar-refractivity contribution in [2.24, 2.45) is 0 Å². The van der Waals surface area contributed by atoms with E-state index in [1.54, 1.807) is 0 Å². The summed E-state index contributed by atoms with van der Waals surface area (Å²) in [6, 6.07) is 3.70. The molecule has 0 bridgehead atoms. The Morgan fingerprint density at radius 2 is 2.00 bits per heavy atom. The fraction of sp³-hybridized carbons (Fsp3) is 0.333. The molecule has 0 aliphatic carbocycles. The van der Waals surface area contributed by atoms with Crippen LogP contribution in [0.3, 0.4) is 0 Å². The minimum absolute atomic E-state index is 0.250. The number of halogens is 2. The number of nitrogens with one attached hydrogen (secondary N) is 1. The molecule has 2 nitrogen and oxygen atoms in total. The van der Waals surface area contributed by atoms with Gasteiger partial charge < -0.3 is 10.1 Å². The van der Waals surface area contributed by atoms with E-state index in [-0.39, 0.29) is 12.4 Å². The second-order valence-electron chi connectivity index (χ2n) is 3.66. The summed E-state index contributed by atoms with van der Waals surface area (Å²) in [5, 5.41) is 3.16. The largest absolute Gasteiger partial charge is 0.483 e. The smallest absolute Gasteiger partial charge is 0.191 e. The van der Waals surface area contributed by atoms with Crippen LogP contribution < -0.4 is 10.1 Å². The predicted molar refractivity (Wildman–Crippen MR) is 57.4 cm³/mol. The molecule has 0 unspecified atom stereocenters. The number of benzene rings is 1. The topological polar surface area (TPSA) is 21.3 Å². The van der Waals surface area contributed by atoms with E-state index in [1.165, 1.54) is 18.2 Å². The van der Waals surface area contributed by atoms with Gasteiger partial charge in [0.25, 0.3) is 0 Å². The summed E-state index contributed by atoms with van der Waals surface area (Å²) < 4.78 is 31.6. The number of para-hydroxylation sites is 1. The molecule has 0 saturated carbocycles. The van der Waals surface area contributed by atoms with E-state index >= 15 is 0 Å². The average Bonchev–Trinajstić information content (AvgIpc) is 2.30. The van der Waals surface area contributed by atoms with Gasteiger partial charge in [0, 0.05) is 6.54 Å². The van der Waals surface area contributed by atoms with Gasteiger partial charge in [0.05, 0.1) is 0 Å². The van der Waals surface area contributed by atoms with Gasteiger partial charge in [-0.25, -0.2) is 8.78 Å². The molecule has 0 saturated heterocycles. The van der Waals surface area contributed by atoms with Crippen LogP contribution in [0.25, 0.3) is 0 Å². The zero-order chi connectivity index (χ0) is 11.4. The van der Waals surface area contributed by atoms with Gasteiger partial charge in [0.1, 0.15) is 6.61 Å². The molecule has 4 heteroatoms. The summed E-state index contributed by atoms with van der Waals surface area (Å²) in [5.74, 6) is -1.61. The van der Waals surface area contributed by atoms with Crippen molar-refractivity contribution < 1.29 is 13.5 Å². The monoisotopic (exact) mass is 225 g/mol. The van der Waals surface area contributed by atoms with Crippen LogP contribution in [-0.2, 0) is 0 Å². The van der Waals surface area contributed by atoms with Crippen LogP contribution >= 0.6 is 0 Å². The quantitative estimate of drug-likeness (QED) is 0.797. The third kappa shape index (κ3) is 2.58. The van der Waals surface area contributed by atoms with Gasteiger partial charge in [-0.05, 0) is 30.7 Å². The summed E-state index contributed by atoms with van der Waals surface area (Å²) in [5.41, 5.74) is 1.07. The lowest BCUT2D eigenvalue weighted by Gasteiger charge is -2.15. The molecule has 1 aliphatic rings. The minimum Gasteiger partial charge on any atom is -0.483 e. The first-order valence-corrected chi connectivity index (χ1v) is 5.23. The Morgan fingerprint density at radius 3 is 2.62 bits per heavy atom. The maximum Gasteiger partial charge on any atom is 0.191 e. The fourth-order valence-corrected chi connectivity index (χ4v) is 1.59. The Labute approximate surface area is 92.9 Å². The summed E-state index contributed by atoms with van der Waals surface area (Å²) in [4.78, 5) is 0. The second kappa shape index (κ2) is 5.07. The first-order chi connectivity index (χ1) is 7.77. The lowest BCUT2D eigenvalue weighted by molar-refractivity contribution is 0.307. The average molecular weight is 225 g/mol. The van der Waals surface area contributed by atoms with Gasteiger partial charge in [0.15, 0.2) is 17.4 Å². The van der Waals surface area contributed by atoms with Gasteiger partial charge in [-0.1, -0.05) is 12.1 Å². The van der Waals surface area contributed by atoms with Crippen LogP contribution in [0, 0.1) is 11.6 Å². The van der Waals surface area contributed by atoms with Crippen LogP contribution in [0.4, 0.5) is 8.78 Å². The zero-order valence-corrected chi connectivity index (χ0v) is 8.80. The van der Waals surface area contributed by atoms with Crippen molar-refractivity contribution in [1.29, 1.82) is 0 Å². The van der Waals surface area contributed by atoms with Crippen molar-refractivity contribution in [2.75, 3.05) is 19.7 Å². The van der Waals surface area contributed by atoms with Crippen molar-refractivity contribution in [3.63, 3.8) is 0 Å². The molecule has 0 aromatic heterocycles. The molecule has 0 spiro atoms. The van der Waals surface area contributed by atoms with Crippen LogP contribution in [0.1, 0.15) is 6.42 Å². The number of hydrogen-bond donors (Lipinski definition) is 1. The second-order valence-corrected chi connectivity index (χ2v) is 3.66.